The maximum Gasteiger partial charge on any atom is 0.271 e. The molecule has 2 amide bonds. The van der Waals surface area contributed by atoms with E-state index in [4.69, 9.17) is 0 Å². The van der Waals surface area contributed by atoms with Crippen LogP contribution in [0.2, 0.25) is 0 Å². The summed E-state index contributed by atoms with van der Waals surface area (Å²) in [6, 6.07) is 16.6. The van der Waals surface area contributed by atoms with Crippen LogP contribution in [0.4, 0.5) is 5.69 Å². The molecule has 1 aliphatic carbocycles. The van der Waals surface area contributed by atoms with Gasteiger partial charge in [0.15, 0.2) is 0 Å². The number of amides is 2. The minimum absolute atomic E-state index is 0.0530. The van der Waals surface area contributed by atoms with Gasteiger partial charge in [-0.25, -0.2) is 5.43 Å². The molecule has 0 spiro atoms. The Hall–Kier alpha value is -2.95. The molecule has 0 bridgehead atoms. The summed E-state index contributed by atoms with van der Waals surface area (Å²) in [7, 11) is 0. The zero-order valence-electron chi connectivity index (χ0n) is 14.2. The van der Waals surface area contributed by atoms with E-state index >= 15 is 0 Å². The topological polar surface area (TPSA) is 70.6 Å². The van der Waals surface area contributed by atoms with Crippen LogP contribution in [-0.2, 0) is 4.79 Å². The summed E-state index contributed by atoms with van der Waals surface area (Å²) >= 11 is 0. The van der Waals surface area contributed by atoms with E-state index in [0.717, 1.165) is 30.5 Å². The lowest BCUT2D eigenvalue weighted by Gasteiger charge is -2.07. The molecule has 0 radical (unpaired) electrons. The fraction of sp³-hybridized carbons (Fsp3) is 0.250. The first-order chi connectivity index (χ1) is 12.2. The van der Waals surface area contributed by atoms with Crippen molar-refractivity contribution in [3.05, 3.63) is 65.7 Å². The number of hydrazone groups is 1. The summed E-state index contributed by atoms with van der Waals surface area (Å²) in [5.41, 5.74) is 5.61. The Kier molecular flexibility index (Phi) is 5.23. The summed E-state index contributed by atoms with van der Waals surface area (Å²) in [6.07, 6.45) is 2.65. The maximum absolute atomic E-state index is 12.2. The fourth-order valence-electron chi connectivity index (χ4n) is 2.46. The number of benzene rings is 2. The van der Waals surface area contributed by atoms with Crippen LogP contribution in [-0.4, -0.2) is 17.5 Å². The van der Waals surface area contributed by atoms with E-state index < -0.39 is 0 Å². The van der Waals surface area contributed by atoms with E-state index in [9.17, 15) is 9.59 Å². The molecule has 0 heterocycles. The average molecular weight is 335 g/mol. The highest BCUT2D eigenvalue weighted by molar-refractivity contribution is 6.02. The second-order valence-corrected chi connectivity index (χ2v) is 6.06. The number of anilines is 1. The van der Waals surface area contributed by atoms with Crippen LogP contribution in [0.3, 0.4) is 0 Å². The minimum Gasteiger partial charge on any atom is -0.326 e. The Morgan fingerprint density at radius 3 is 2.28 bits per heavy atom. The van der Waals surface area contributed by atoms with Gasteiger partial charge in [0.05, 0.1) is 5.71 Å². The van der Waals surface area contributed by atoms with Gasteiger partial charge in [-0.15, -0.1) is 0 Å². The molecule has 25 heavy (non-hydrogen) atoms. The van der Waals surface area contributed by atoms with Crippen LogP contribution in [0.15, 0.2) is 59.7 Å². The number of rotatable bonds is 6. The molecule has 0 saturated heterocycles. The third-order valence-corrected chi connectivity index (χ3v) is 4.10. The number of hydrogen-bond acceptors (Lipinski definition) is 3. The number of nitrogens with one attached hydrogen (secondary N) is 2. The molecule has 0 aromatic heterocycles. The SMILES string of the molecule is CCC(=NNC(=O)c1ccc(NC(=O)C2CC2)cc1)c1ccccc1. The van der Waals surface area contributed by atoms with E-state index in [1.807, 2.05) is 37.3 Å². The first kappa shape index (κ1) is 16.9. The standard InChI is InChI=1S/C20H21N3O2/c1-2-18(14-6-4-3-5-7-14)22-23-20(25)16-10-12-17(13-11-16)21-19(24)15-8-9-15/h3-7,10-13,15H,2,8-9H2,1H3,(H,21,24)(H,23,25). The van der Waals surface area contributed by atoms with Gasteiger partial charge in [-0.1, -0.05) is 37.3 Å². The lowest BCUT2D eigenvalue weighted by molar-refractivity contribution is -0.117. The Morgan fingerprint density at radius 1 is 1.00 bits per heavy atom. The molecule has 1 fully saturated rings. The molecular weight excluding hydrogens is 314 g/mol. The van der Waals surface area contributed by atoms with Crippen LogP contribution < -0.4 is 10.7 Å². The van der Waals surface area contributed by atoms with Crippen LogP contribution in [0.25, 0.3) is 0 Å². The number of hydrogen-bond donors (Lipinski definition) is 2. The Labute approximate surface area is 147 Å². The van der Waals surface area contributed by atoms with Crippen LogP contribution in [0, 0.1) is 5.92 Å². The monoisotopic (exact) mass is 335 g/mol. The van der Waals surface area contributed by atoms with Crippen LogP contribution >= 0.6 is 0 Å². The summed E-state index contributed by atoms with van der Waals surface area (Å²) in [5.74, 6) is -0.0676. The third kappa shape index (κ3) is 4.53. The van der Waals surface area contributed by atoms with Crippen molar-refractivity contribution in [3.8, 4) is 0 Å². The van der Waals surface area contributed by atoms with Crippen LogP contribution in [0.1, 0.15) is 42.1 Å². The summed E-state index contributed by atoms with van der Waals surface area (Å²) in [5, 5.41) is 7.09. The minimum atomic E-state index is -0.276. The van der Waals surface area contributed by atoms with Gasteiger partial charge in [-0.05, 0) is 49.1 Å². The Morgan fingerprint density at radius 2 is 1.68 bits per heavy atom. The quantitative estimate of drug-likeness (QED) is 0.626. The van der Waals surface area contributed by atoms with Gasteiger partial charge in [-0.3, -0.25) is 9.59 Å². The second-order valence-electron chi connectivity index (χ2n) is 6.06. The van der Waals surface area contributed by atoms with Crippen molar-refractivity contribution in [2.24, 2.45) is 11.0 Å². The van der Waals surface area contributed by atoms with E-state index in [0.29, 0.717) is 11.3 Å². The molecule has 5 nitrogen and oxygen atoms in total. The molecule has 0 aliphatic heterocycles. The Bertz CT molecular complexity index is 778. The second kappa shape index (κ2) is 7.75. The molecule has 0 atom stereocenters. The van der Waals surface area contributed by atoms with Gasteiger partial charge in [0, 0.05) is 17.2 Å². The van der Waals surface area contributed by atoms with Gasteiger partial charge < -0.3 is 5.32 Å². The van der Waals surface area contributed by atoms with Crippen LogP contribution in [0.5, 0.6) is 0 Å². The smallest absolute Gasteiger partial charge is 0.271 e. The molecule has 5 heteroatoms. The summed E-state index contributed by atoms with van der Waals surface area (Å²) in [6.45, 7) is 2.00. The number of carbonyl (C=O) groups excluding carboxylic acids is 2. The van der Waals surface area contributed by atoms with Crippen molar-refractivity contribution < 1.29 is 9.59 Å². The lowest BCUT2D eigenvalue weighted by atomic mass is 10.1. The summed E-state index contributed by atoms with van der Waals surface area (Å²) in [4.78, 5) is 24.0. The van der Waals surface area contributed by atoms with Crippen molar-refractivity contribution in [2.75, 3.05) is 5.32 Å². The molecule has 0 unspecified atom stereocenters. The van der Waals surface area contributed by atoms with Crippen molar-refractivity contribution in [1.82, 2.24) is 5.43 Å². The number of nitrogens with zero attached hydrogens (tertiary/aromatic N) is 1. The van der Waals surface area contributed by atoms with E-state index in [1.165, 1.54) is 0 Å². The summed E-state index contributed by atoms with van der Waals surface area (Å²) < 4.78 is 0. The predicted octanol–water partition coefficient (Wildman–Crippen LogP) is 3.58. The molecule has 2 aromatic rings. The van der Waals surface area contributed by atoms with E-state index in [1.54, 1.807) is 24.3 Å². The lowest BCUT2D eigenvalue weighted by Crippen LogP contribution is -2.20. The largest absolute Gasteiger partial charge is 0.326 e. The van der Waals surface area contributed by atoms with E-state index in [-0.39, 0.29) is 17.7 Å². The predicted molar refractivity (Wildman–Crippen MR) is 98.5 cm³/mol. The molecule has 1 aliphatic rings. The van der Waals surface area contributed by atoms with Gasteiger partial charge in [0.25, 0.3) is 5.91 Å². The van der Waals surface area contributed by atoms with E-state index in [2.05, 4.69) is 15.8 Å². The van der Waals surface area contributed by atoms with Gasteiger partial charge in [0.2, 0.25) is 5.91 Å². The molecule has 2 N–H and O–H groups in total. The van der Waals surface area contributed by atoms with Gasteiger partial charge >= 0.3 is 0 Å². The van der Waals surface area contributed by atoms with Crippen molar-refractivity contribution in [3.63, 3.8) is 0 Å². The first-order valence-corrected chi connectivity index (χ1v) is 8.50. The average Bonchev–Trinajstić information content (AvgIpc) is 3.49. The van der Waals surface area contributed by atoms with Gasteiger partial charge in [0.1, 0.15) is 0 Å². The highest BCUT2D eigenvalue weighted by atomic mass is 16.2. The molecular formula is C20H21N3O2. The molecule has 1 saturated carbocycles. The fourth-order valence-corrected chi connectivity index (χ4v) is 2.46. The molecule has 2 aromatic carbocycles. The third-order valence-electron chi connectivity index (χ3n) is 4.10. The van der Waals surface area contributed by atoms with Crippen molar-refractivity contribution in [2.45, 2.75) is 26.2 Å². The molecule has 128 valence electrons. The van der Waals surface area contributed by atoms with Crippen molar-refractivity contribution in [1.29, 1.82) is 0 Å². The highest BCUT2D eigenvalue weighted by Gasteiger charge is 2.29. The normalized spacial score (nSPS) is 14.0. The first-order valence-electron chi connectivity index (χ1n) is 8.50. The Balaban J connectivity index is 1.62. The zero-order valence-corrected chi connectivity index (χ0v) is 14.2. The number of carbonyl (C=O) groups is 2. The van der Waals surface area contributed by atoms with Crippen molar-refractivity contribution >= 4 is 23.2 Å². The molecule has 3 rings (SSSR count). The van der Waals surface area contributed by atoms with Gasteiger partial charge in [-0.2, -0.15) is 5.10 Å². The zero-order chi connectivity index (χ0) is 17.6. The maximum atomic E-state index is 12.2. The highest BCUT2D eigenvalue weighted by Crippen LogP contribution is 2.30.